The fourth-order valence-electron chi connectivity index (χ4n) is 1.30. The Kier molecular flexibility index (Phi) is 3.85. The van der Waals surface area contributed by atoms with Crippen molar-refractivity contribution >= 4 is 5.57 Å². The average Bonchev–Trinajstić information content (AvgIpc) is 2.18. The first-order chi connectivity index (χ1) is 7.15. The largest absolute Gasteiger partial charge is 0.493 e. The lowest BCUT2D eigenvalue weighted by Crippen LogP contribution is -1.96. The van der Waals surface area contributed by atoms with E-state index in [1.165, 1.54) is 0 Å². The summed E-state index contributed by atoms with van der Waals surface area (Å²) in [6.07, 6.45) is 0.984. The van der Waals surface area contributed by atoms with Crippen LogP contribution in [0.1, 0.15) is 19.4 Å². The molecule has 0 unspecified atom stereocenters. The fraction of sp³-hybridized carbons (Fsp3) is 0.273. The van der Waals surface area contributed by atoms with Crippen molar-refractivity contribution in [2.45, 2.75) is 13.8 Å². The molecule has 1 rings (SSSR count). The minimum Gasteiger partial charge on any atom is -0.493 e. The summed E-state index contributed by atoms with van der Waals surface area (Å²) in [6.45, 7) is 4.12. The normalized spacial score (nSPS) is 11.2. The molecule has 0 spiro atoms. The summed E-state index contributed by atoms with van der Waals surface area (Å²) in [4.78, 5) is 9.88. The molecule has 0 bridgehead atoms. The molecule has 0 N–H and O–H groups in total. The van der Waals surface area contributed by atoms with Crippen LogP contribution >= 0.6 is 0 Å². The van der Waals surface area contributed by atoms with Crippen LogP contribution in [0.5, 0.6) is 5.75 Å². The number of hydrogen-bond donors (Lipinski definition) is 0. The van der Waals surface area contributed by atoms with Gasteiger partial charge in [0.05, 0.1) is 11.5 Å². The topological polar surface area (TPSA) is 52.4 Å². The minimum atomic E-state index is -0.460. The van der Waals surface area contributed by atoms with Crippen LogP contribution in [-0.4, -0.2) is 11.5 Å². The quantitative estimate of drug-likeness (QED) is 0.563. The Balaban J connectivity index is 3.07. The van der Waals surface area contributed by atoms with Crippen LogP contribution in [-0.2, 0) is 0 Å². The van der Waals surface area contributed by atoms with Crippen molar-refractivity contribution in [2.75, 3.05) is 6.61 Å². The summed E-state index contributed by atoms with van der Waals surface area (Å²) < 4.78 is 5.38. The third-order valence-corrected chi connectivity index (χ3v) is 1.91. The molecule has 0 aliphatic heterocycles. The first kappa shape index (κ1) is 11.2. The molecule has 0 aliphatic carbocycles. The van der Waals surface area contributed by atoms with E-state index >= 15 is 0 Å². The zero-order valence-electron chi connectivity index (χ0n) is 8.77. The van der Waals surface area contributed by atoms with Gasteiger partial charge in [0.25, 0.3) is 0 Å². The number of nitrogens with zero attached hydrogens (tertiary/aromatic N) is 1. The van der Waals surface area contributed by atoms with Crippen molar-refractivity contribution < 1.29 is 9.66 Å². The van der Waals surface area contributed by atoms with Crippen LogP contribution in [0.3, 0.4) is 0 Å². The van der Waals surface area contributed by atoms with Gasteiger partial charge < -0.3 is 4.74 Å². The highest BCUT2D eigenvalue weighted by atomic mass is 16.6. The SMILES string of the molecule is CCOc1ccccc1C(C)=C[N+](=O)[O-]. The Hall–Kier alpha value is -1.84. The smallest absolute Gasteiger partial charge is 0.238 e. The molecule has 0 heterocycles. The number of rotatable bonds is 4. The van der Waals surface area contributed by atoms with Crippen molar-refractivity contribution in [2.24, 2.45) is 0 Å². The van der Waals surface area contributed by atoms with E-state index in [1.54, 1.807) is 19.1 Å². The van der Waals surface area contributed by atoms with Crippen molar-refractivity contribution in [1.82, 2.24) is 0 Å². The van der Waals surface area contributed by atoms with Crippen LogP contribution in [0.25, 0.3) is 5.57 Å². The van der Waals surface area contributed by atoms with Gasteiger partial charge in [0, 0.05) is 11.1 Å². The zero-order chi connectivity index (χ0) is 11.3. The monoisotopic (exact) mass is 207 g/mol. The van der Waals surface area contributed by atoms with Crippen LogP contribution in [0.15, 0.2) is 30.5 Å². The summed E-state index contributed by atoms with van der Waals surface area (Å²) in [5.74, 6) is 0.676. The first-order valence-corrected chi connectivity index (χ1v) is 4.69. The summed E-state index contributed by atoms with van der Waals surface area (Å²) >= 11 is 0. The van der Waals surface area contributed by atoms with Crippen LogP contribution < -0.4 is 4.74 Å². The summed E-state index contributed by atoms with van der Waals surface area (Å²) in [7, 11) is 0. The summed E-state index contributed by atoms with van der Waals surface area (Å²) in [6, 6.07) is 7.28. The van der Waals surface area contributed by atoms with E-state index in [1.807, 2.05) is 19.1 Å². The van der Waals surface area contributed by atoms with E-state index in [4.69, 9.17) is 4.74 Å². The lowest BCUT2D eigenvalue weighted by molar-refractivity contribution is -0.401. The van der Waals surface area contributed by atoms with Crippen molar-refractivity contribution in [3.05, 3.63) is 46.1 Å². The molecule has 0 saturated heterocycles. The Morgan fingerprint density at radius 3 is 2.80 bits per heavy atom. The Bertz CT molecular complexity index is 385. The lowest BCUT2D eigenvalue weighted by Gasteiger charge is -2.08. The molecular weight excluding hydrogens is 194 g/mol. The van der Waals surface area contributed by atoms with Gasteiger partial charge in [-0.3, -0.25) is 10.1 Å². The molecule has 0 aliphatic rings. The Morgan fingerprint density at radius 1 is 1.53 bits per heavy atom. The zero-order valence-corrected chi connectivity index (χ0v) is 8.77. The highest BCUT2D eigenvalue weighted by Gasteiger charge is 2.06. The van der Waals surface area contributed by atoms with E-state index < -0.39 is 4.92 Å². The third-order valence-electron chi connectivity index (χ3n) is 1.91. The van der Waals surface area contributed by atoms with Gasteiger partial charge in [-0.05, 0) is 19.9 Å². The van der Waals surface area contributed by atoms with Crippen LogP contribution in [0.2, 0.25) is 0 Å². The molecular formula is C11H13NO3. The lowest BCUT2D eigenvalue weighted by atomic mass is 10.1. The Morgan fingerprint density at radius 2 is 2.20 bits per heavy atom. The predicted octanol–water partition coefficient (Wildman–Crippen LogP) is 2.72. The second-order valence-electron chi connectivity index (χ2n) is 3.03. The number of benzene rings is 1. The molecule has 4 nitrogen and oxygen atoms in total. The maximum atomic E-state index is 10.3. The average molecular weight is 207 g/mol. The molecule has 0 aromatic heterocycles. The van der Waals surface area contributed by atoms with Crippen LogP contribution in [0.4, 0.5) is 0 Å². The molecule has 1 aromatic carbocycles. The summed E-state index contributed by atoms with van der Waals surface area (Å²) in [5.41, 5.74) is 1.35. The van der Waals surface area contributed by atoms with E-state index in [9.17, 15) is 10.1 Å². The standard InChI is InChI=1S/C11H13NO3/c1-3-15-11-7-5-4-6-10(11)9(2)8-12(13)14/h4-8H,3H2,1-2H3. The van der Waals surface area contributed by atoms with Crippen molar-refractivity contribution in [3.8, 4) is 5.75 Å². The molecule has 0 atom stereocenters. The van der Waals surface area contributed by atoms with Crippen molar-refractivity contribution in [1.29, 1.82) is 0 Å². The van der Waals surface area contributed by atoms with E-state index in [-0.39, 0.29) is 0 Å². The van der Waals surface area contributed by atoms with E-state index in [2.05, 4.69) is 0 Å². The maximum Gasteiger partial charge on any atom is 0.238 e. The number of hydrogen-bond acceptors (Lipinski definition) is 3. The molecule has 0 radical (unpaired) electrons. The Labute approximate surface area is 88.3 Å². The molecule has 0 saturated carbocycles. The number of ether oxygens (including phenoxy) is 1. The van der Waals surface area contributed by atoms with Gasteiger partial charge in [-0.25, -0.2) is 0 Å². The highest BCUT2D eigenvalue weighted by molar-refractivity contribution is 5.67. The number of para-hydroxylation sites is 1. The first-order valence-electron chi connectivity index (χ1n) is 4.69. The molecule has 4 heteroatoms. The second-order valence-corrected chi connectivity index (χ2v) is 3.03. The van der Waals surface area contributed by atoms with Crippen molar-refractivity contribution in [3.63, 3.8) is 0 Å². The summed E-state index contributed by atoms with van der Waals surface area (Å²) in [5, 5.41) is 10.3. The fourth-order valence-corrected chi connectivity index (χ4v) is 1.30. The van der Waals surface area contributed by atoms with Gasteiger partial charge in [0.2, 0.25) is 6.20 Å². The maximum absolute atomic E-state index is 10.3. The van der Waals surface area contributed by atoms with Gasteiger partial charge in [0.15, 0.2) is 0 Å². The predicted molar refractivity (Wildman–Crippen MR) is 58.3 cm³/mol. The minimum absolute atomic E-state index is 0.460. The van der Waals surface area contributed by atoms with Gasteiger partial charge in [-0.15, -0.1) is 0 Å². The highest BCUT2D eigenvalue weighted by Crippen LogP contribution is 2.25. The molecule has 0 amide bonds. The van der Waals surface area contributed by atoms with Gasteiger partial charge in [-0.1, -0.05) is 18.2 Å². The molecule has 0 fully saturated rings. The third kappa shape index (κ3) is 3.09. The number of nitro groups is 1. The van der Waals surface area contributed by atoms with Crippen LogP contribution in [0, 0.1) is 10.1 Å². The molecule has 80 valence electrons. The number of allylic oxidation sites excluding steroid dienone is 1. The second kappa shape index (κ2) is 5.14. The van der Waals surface area contributed by atoms with Gasteiger partial charge >= 0.3 is 0 Å². The van der Waals surface area contributed by atoms with E-state index in [0.29, 0.717) is 17.9 Å². The molecule has 15 heavy (non-hydrogen) atoms. The van der Waals surface area contributed by atoms with Gasteiger partial charge in [-0.2, -0.15) is 0 Å². The molecule has 1 aromatic rings. The van der Waals surface area contributed by atoms with E-state index in [0.717, 1.165) is 11.8 Å². The van der Waals surface area contributed by atoms with Gasteiger partial charge in [0.1, 0.15) is 5.75 Å².